The second kappa shape index (κ2) is 11.1. The van der Waals surface area contributed by atoms with Crippen LogP contribution >= 0.6 is 0 Å². The molecule has 0 aromatic heterocycles. The third-order valence-electron chi connectivity index (χ3n) is 10.3. The van der Waals surface area contributed by atoms with Gasteiger partial charge in [0.1, 0.15) is 11.5 Å². The monoisotopic (exact) mass is 634 g/mol. The molecule has 9 heteroatoms. The molecule has 0 unspecified atom stereocenters. The number of carbonyl (C=O) groups is 2. The van der Waals surface area contributed by atoms with E-state index >= 15 is 0 Å². The molecular weight excluding hydrogens is 597 g/mol. The van der Waals surface area contributed by atoms with Gasteiger partial charge in [0.2, 0.25) is 0 Å². The Morgan fingerprint density at radius 1 is 0.913 bits per heavy atom. The SMILES string of the molecule is COc1ccc([Si](C)(C)[C@@H]2[C@@H](CCO)O[C@]3(C(=O)N(C)c4ccc(N5C(=O)c6ccccc6Oc6ccccc65)cc43)[C@H]2C)cc1. The number of hydrogen-bond donors (Lipinski definition) is 1. The summed E-state index contributed by atoms with van der Waals surface area (Å²) in [4.78, 5) is 32.0. The molecule has 3 heterocycles. The van der Waals surface area contributed by atoms with Gasteiger partial charge in [-0.25, -0.2) is 0 Å². The first-order chi connectivity index (χ1) is 22.1. The van der Waals surface area contributed by atoms with E-state index in [1.54, 1.807) is 36.1 Å². The number of aliphatic hydroxyl groups excluding tert-OH is 1. The maximum absolute atomic E-state index is 14.4. The highest BCUT2D eigenvalue weighted by Gasteiger charge is 2.65. The van der Waals surface area contributed by atoms with Crippen molar-refractivity contribution in [1.82, 2.24) is 0 Å². The molecule has 2 amide bonds. The van der Waals surface area contributed by atoms with Crippen molar-refractivity contribution < 1.29 is 28.9 Å². The lowest BCUT2D eigenvalue weighted by atomic mass is 9.82. The normalized spacial score (nSPS) is 23.6. The topological polar surface area (TPSA) is 88.5 Å². The van der Waals surface area contributed by atoms with E-state index in [1.165, 1.54) is 5.19 Å². The second-order valence-electron chi connectivity index (χ2n) is 12.9. The van der Waals surface area contributed by atoms with Gasteiger partial charge in [-0.15, -0.1) is 0 Å². The Morgan fingerprint density at radius 2 is 1.61 bits per heavy atom. The van der Waals surface area contributed by atoms with E-state index in [4.69, 9.17) is 14.2 Å². The molecule has 0 aliphatic carbocycles. The van der Waals surface area contributed by atoms with Gasteiger partial charge in [0.05, 0.1) is 38.2 Å². The van der Waals surface area contributed by atoms with Gasteiger partial charge in [0, 0.05) is 30.8 Å². The fraction of sp³-hybridized carbons (Fsp3) is 0.297. The first-order valence-electron chi connectivity index (χ1n) is 15.7. The molecule has 7 rings (SSSR count). The first kappa shape index (κ1) is 30.2. The summed E-state index contributed by atoms with van der Waals surface area (Å²) in [5.74, 6) is 1.27. The summed E-state index contributed by atoms with van der Waals surface area (Å²) < 4.78 is 18.6. The Morgan fingerprint density at radius 3 is 2.33 bits per heavy atom. The number of methoxy groups -OCH3 is 1. The average Bonchev–Trinajstić information content (AvgIpc) is 3.42. The molecule has 8 nitrogen and oxygen atoms in total. The molecular formula is C37H38N2O6Si. The van der Waals surface area contributed by atoms with Crippen LogP contribution < -0.4 is 24.5 Å². The van der Waals surface area contributed by atoms with Crippen molar-refractivity contribution in [2.45, 2.75) is 43.7 Å². The van der Waals surface area contributed by atoms with E-state index in [2.05, 4.69) is 32.2 Å². The van der Waals surface area contributed by atoms with E-state index in [-0.39, 0.29) is 36.0 Å². The highest BCUT2D eigenvalue weighted by atomic mass is 28.3. The van der Waals surface area contributed by atoms with Crippen LogP contribution in [0.1, 0.15) is 29.3 Å². The van der Waals surface area contributed by atoms with Gasteiger partial charge in [0.15, 0.2) is 11.4 Å². The molecule has 1 fully saturated rings. The van der Waals surface area contributed by atoms with Gasteiger partial charge < -0.3 is 24.2 Å². The first-order valence-corrected chi connectivity index (χ1v) is 18.8. The summed E-state index contributed by atoms with van der Waals surface area (Å²) in [7, 11) is 1.13. The lowest BCUT2D eigenvalue weighted by molar-refractivity contribution is -0.145. The smallest absolute Gasteiger partial charge is 0.266 e. The molecule has 4 aromatic carbocycles. The molecule has 0 bridgehead atoms. The van der Waals surface area contributed by atoms with Crippen LogP contribution in [0.2, 0.25) is 18.6 Å². The Hall–Kier alpha value is -4.44. The largest absolute Gasteiger partial charge is 0.497 e. The van der Waals surface area contributed by atoms with Gasteiger partial charge in [0.25, 0.3) is 11.8 Å². The number of hydrogen-bond acceptors (Lipinski definition) is 6. The van der Waals surface area contributed by atoms with E-state index < -0.39 is 13.7 Å². The van der Waals surface area contributed by atoms with Crippen LogP contribution in [0.3, 0.4) is 0 Å². The Labute approximate surface area is 270 Å². The van der Waals surface area contributed by atoms with Crippen molar-refractivity contribution in [3.63, 3.8) is 0 Å². The summed E-state index contributed by atoms with van der Waals surface area (Å²) in [5, 5.41) is 11.4. The molecule has 236 valence electrons. The van der Waals surface area contributed by atoms with Crippen LogP contribution in [-0.2, 0) is 15.1 Å². The molecule has 3 aliphatic rings. The minimum atomic E-state index is -2.31. The number of rotatable bonds is 6. The van der Waals surface area contributed by atoms with Crippen molar-refractivity contribution in [2.75, 3.05) is 30.6 Å². The summed E-state index contributed by atoms with van der Waals surface area (Å²) >= 11 is 0. The zero-order valence-electron chi connectivity index (χ0n) is 26.7. The number of nitrogens with zero attached hydrogens (tertiary/aromatic N) is 2. The number of ether oxygens (including phenoxy) is 3. The Balaban J connectivity index is 1.37. The summed E-state index contributed by atoms with van der Waals surface area (Å²) in [6.45, 7) is 6.69. The van der Waals surface area contributed by atoms with Gasteiger partial charge in [-0.3, -0.25) is 14.5 Å². The number of fused-ring (bicyclic) bond motifs is 4. The molecule has 4 atom stereocenters. The molecule has 1 spiro atoms. The minimum Gasteiger partial charge on any atom is -0.497 e. The highest BCUT2D eigenvalue weighted by Crippen LogP contribution is 2.60. The number of aliphatic hydroxyl groups is 1. The van der Waals surface area contributed by atoms with Crippen LogP contribution in [0, 0.1) is 5.92 Å². The third kappa shape index (κ3) is 4.33. The van der Waals surface area contributed by atoms with Crippen molar-refractivity contribution in [2.24, 2.45) is 5.92 Å². The van der Waals surface area contributed by atoms with Crippen molar-refractivity contribution in [1.29, 1.82) is 0 Å². The van der Waals surface area contributed by atoms with Crippen LogP contribution in [0.4, 0.5) is 17.1 Å². The lowest BCUT2D eigenvalue weighted by Gasteiger charge is -2.37. The maximum atomic E-state index is 14.4. The Bertz CT molecular complexity index is 1840. The lowest BCUT2D eigenvalue weighted by Crippen LogP contribution is -2.51. The van der Waals surface area contributed by atoms with Crippen molar-refractivity contribution in [3.8, 4) is 17.2 Å². The number of anilines is 3. The second-order valence-corrected chi connectivity index (χ2v) is 17.6. The molecule has 46 heavy (non-hydrogen) atoms. The fourth-order valence-electron chi connectivity index (χ4n) is 8.01. The van der Waals surface area contributed by atoms with Gasteiger partial charge >= 0.3 is 0 Å². The summed E-state index contributed by atoms with van der Waals surface area (Å²) in [6.07, 6.45) is 0.0816. The maximum Gasteiger partial charge on any atom is 0.266 e. The van der Waals surface area contributed by atoms with Crippen LogP contribution in [0.5, 0.6) is 17.2 Å². The van der Waals surface area contributed by atoms with E-state index in [0.29, 0.717) is 34.9 Å². The minimum absolute atomic E-state index is 0.0147. The number of benzene rings is 4. The van der Waals surface area contributed by atoms with Crippen LogP contribution in [-0.4, -0.2) is 51.9 Å². The number of likely N-dealkylation sites (N-methyl/N-ethyl adjacent to an activating group) is 1. The zero-order valence-corrected chi connectivity index (χ0v) is 27.7. The molecule has 0 saturated carbocycles. The number of para-hydroxylation sites is 3. The van der Waals surface area contributed by atoms with E-state index in [0.717, 1.165) is 17.0 Å². The molecule has 4 aromatic rings. The predicted octanol–water partition coefficient (Wildman–Crippen LogP) is 6.35. The van der Waals surface area contributed by atoms with Gasteiger partial charge in [-0.2, -0.15) is 0 Å². The fourth-order valence-corrected chi connectivity index (χ4v) is 12.1. The van der Waals surface area contributed by atoms with E-state index in [1.807, 2.05) is 66.7 Å². The standard InChI is InChI=1S/C37H38N2O6Si/c1-23-34(46(4,5)26-17-15-25(43-3)16-18-26)33(20-21-40)45-37(23)28-22-24(14-19-29(28)38(2)36(37)42)39-30-11-7-9-13-32(30)44-31-12-8-6-10-27(31)35(39)41/h6-19,22-23,33-34,40H,20-21H2,1-5H3/t23-,33+,34-,37+/m0/s1. The van der Waals surface area contributed by atoms with Gasteiger partial charge in [-0.1, -0.05) is 61.6 Å². The number of carbonyl (C=O) groups excluding carboxylic acids is 2. The zero-order chi connectivity index (χ0) is 32.4. The van der Waals surface area contributed by atoms with E-state index in [9.17, 15) is 14.7 Å². The highest BCUT2D eigenvalue weighted by molar-refractivity contribution is 6.91. The Kier molecular flexibility index (Phi) is 7.30. The quantitative estimate of drug-likeness (QED) is 0.249. The number of amides is 2. The molecule has 1 saturated heterocycles. The average molecular weight is 635 g/mol. The third-order valence-corrected chi connectivity index (χ3v) is 14.6. The van der Waals surface area contributed by atoms with Crippen LogP contribution in [0.15, 0.2) is 91.0 Å². The molecule has 1 N–H and O–H groups in total. The van der Waals surface area contributed by atoms with Gasteiger partial charge in [-0.05, 0) is 66.6 Å². The molecule has 3 aliphatic heterocycles. The predicted molar refractivity (Wildman–Crippen MR) is 181 cm³/mol. The summed E-state index contributed by atoms with van der Waals surface area (Å²) in [6, 6.07) is 28.6. The van der Waals surface area contributed by atoms with Crippen molar-refractivity contribution in [3.05, 3.63) is 102 Å². The summed E-state index contributed by atoms with van der Waals surface area (Å²) in [5.41, 5.74) is 1.90. The molecule has 0 radical (unpaired) electrons. The van der Waals surface area contributed by atoms with Crippen molar-refractivity contribution >= 4 is 42.1 Å². The van der Waals surface area contributed by atoms with Crippen LogP contribution in [0.25, 0.3) is 0 Å².